The van der Waals surface area contributed by atoms with Crippen LogP contribution in [0.3, 0.4) is 0 Å². The van der Waals surface area contributed by atoms with Crippen LogP contribution in [0.4, 0.5) is 5.69 Å². The predicted octanol–water partition coefficient (Wildman–Crippen LogP) is 2.95. The molecule has 0 saturated carbocycles. The summed E-state index contributed by atoms with van der Waals surface area (Å²) >= 11 is 0. The number of amides is 1. The monoisotopic (exact) mass is 367 g/mol. The molecule has 0 aromatic heterocycles. The van der Waals surface area contributed by atoms with Crippen LogP contribution in [0, 0.1) is 0 Å². The molecule has 0 N–H and O–H groups in total. The molecule has 0 spiro atoms. The van der Waals surface area contributed by atoms with Crippen LogP contribution in [0.5, 0.6) is 11.5 Å². The van der Waals surface area contributed by atoms with Crippen LogP contribution in [0.1, 0.15) is 17.5 Å². The molecule has 0 atom stereocenters. The SMILES string of the molecule is COc1ccc(CC(=O)N2CCC(c3ccc(N(C)C)cc3)=N2)cc1OC. The zero-order valence-electron chi connectivity index (χ0n) is 16.2. The normalized spacial score (nSPS) is 13.3. The molecule has 6 heteroatoms. The summed E-state index contributed by atoms with van der Waals surface area (Å²) in [6.45, 7) is 0.608. The number of nitrogens with zero attached hydrogens (tertiary/aromatic N) is 3. The van der Waals surface area contributed by atoms with Crippen LogP contribution in [0.2, 0.25) is 0 Å². The van der Waals surface area contributed by atoms with E-state index >= 15 is 0 Å². The maximum Gasteiger partial charge on any atom is 0.247 e. The Kier molecular flexibility index (Phi) is 5.64. The van der Waals surface area contributed by atoms with E-state index in [2.05, 4.69) is 34.3 Å². The van der Waals surface area contributed by atoms with E-state index in [-0.39, 0.29) is 12.3 Å². The molecular weight excluding hydrogens is 342 g/mol. The fourth-order valence-electron chi connectivity index (χ4n) is 3.05. The Hall–Kier alpha value is -3.02. The molecule has 0 fully saturated rings. The van der Waals surface area contributed by atoms with Crippen molar-refractivity contribution in [3.8, 4) is 11.5 Å². The molecule has 6 nitrogen and oxygen atoms in total. The summed E-state index contributed by atoms with van der Waals surface area (Å²) in [7, 11) is 7.20. The Balaban J connectivity index is 1.69. The second-order valence-corrected chi connectivity index (χ2v) is 6.62. The summed E-state index contributed by atoms with van der Waals surface area (Å²) in [5.41, 5.74) is 4.01. The fraction of sp³-hybridized carbons (Fsp3) is 0.333. The van der Waals surface area contributed by atoms with Crippen molar-refractivity contribution < 1.29 is 14.3 Å². The molecule has 0 unspecified atom stereocenters. The number of carbonyl (C=O) groups is 1. The third-order valence-electron chi connectivity index (χ3n) is 4.61. The van der Waals surface area contributed by atoms with Gasteiger partial charge in [-0.2, -0.15) is 5.10 Å². The van der Waals surface area contributed by atoms with Gasteiger partial charge in [-0.05, 0) is 35.4 Å². The highest BCUT2D eigenvalue weighted by Crippen LogP contribution is 2.28. The van der Waals surface area contributed by atoms with Crippen LogP contribution in [-0.2, 0) is 11.2 Å². The van der Waals surface area contributed by atoms with Gasteiger partial charge >= 0.3 is 0 Å². The van der Waals surface area contributed by atoms with Gasteiger partial charge in [0, 0.05) is 26.2 Å². The predicted molar refractivity (Wildman–Crippen MR) is 107 cm³/mol. The van der Waals surface area contributed by atoms with Crippen molar-refractivity contribution in [1.29, 1.82) is 0 Å². The zero-order valence-corrected chi connectivity index (χ0v) is 16.2. The third-order valence-corrected chi connectivity index (χ3v) is 4.61. The minimum absolute atomic E-state index is 0.0258. The highest BCUT2D eigenvalue weighted by atomic mass is 16.5. The number of rotatable bonds is 6. The number of benzene rings is 2. The highest BCUT2D eigenvalue weighted by Gasteiger charge is 2.22. The van der Waals surface area contributed by atoms with Crippen molar-refractivity contribution in [2.24, 2.45) is 5.10 Å². The molecule has 142 valence electrons. The number of hydrogen-bond acceptors (Lipinski definition) is 5. The molecule has 0 radical (unpaired) electrons. The molecule has 1 aliphatic rings. The van der Waals surface area contributed by atoms with Gasteiger partial charge in [-0.1, -0.05) is 18.2 Å². The van der Waals surface area contributed by atoms with Crippen LogP contribution in [0.15, 0.2) is 47.6 Å². The molecule has 0 saturated heterocycles. The van der Waals surface area contributed by atoms with Gasteiger partial charge in [-0.3, -0.25) is 4.79 Å². The number of methoxy groups -OCH3 is 2. The first kappa shape index (κ1) is 18.8. The van der Waals surface area contributed by atoms with E-state index in [1.165, 1.54) is 0 Å². The third kappa shape index (κ3) is 4.22. The van der Waals surface area contributed by atoms with Gasteiger partial charge in [0.2, 0.25) is 5.91 Å². The lowest BCUT2D eigenvalue weighted by molar-refractivity contribution is -0.130. The van der Waals surface area contributed by atoms with Gasteiger partial charge in [0.25, 0.3) is 0 Å². The van der Waals surface area contributed by atoms with Crippen LogP contribution in [0.25, 0.3) is 0 Å². The summed E-state index contributed by atoms with van der Waals surface area (Å²) in [6.07, 6.45) is 1.04. The molecule has 2 aromatic carbocycles. The van der Waals surface area contributed by atoms with Crippen LogP contribution >= 0.6 is 0 Å². The average molecular weight is 367 g/mol. The second-order valence-electron chi connectivity index (χ2n) is 6.62. The lowest BCUT2D eigenvalue weighted by atomic mass is 10.1. The summed E-state index contributed by atoms with van der Waals surface area (Å²) in [4.78, 5) is 14.7. The van der Waals surface area contributed by atoms with Gasteiger partial charge in [-0.25, -0.2) is 5.01 Å². The number of ether oxygens (including phenoxy) is 2. The van der Waals surface area contributed by atoms with Gasteiger partial charge in [0.05, 0.1) is 32.9 Å². The second kappa shape index (κ2) is 8.12. The lowest BCUT2D eigenvalue weighted by Gasteiger charge is -2.13. The van der Waals surface area contributed by atoms with Crippen molar-refractivity contribution in [3.05, 3.63) is 53.6 Å². The molecule has 1 aliphatic heterocycles. The van der Waals surface area contributed by atoms with Crippen molar-refractivity contribution in [1.82, 2.24) is 5.01 Å². The number of carbonyl (C=O) groups excluding carboxylic acids is 1. The minimum atomic E-state index is -0.0258. The first-order valence-corrected chi connectivity index (χ1v) is 8.88. The van der Waals surface area contributed by atoms with Crippen LogP contribution in [-0.4, -0.2) is 51.5 Å². The smallest absolute Gasteiger partial charge is 0.247 e. The Morgan fingerprint density at radius 3 is 2.41 bits per heavy atom. The summed E-state index contributed by atoms with van der Waals surface area (Å²) in [5.74, 6) is 1.24. The minimum Gasteiger partial charge on any atom is -0.493 e. The molecule has 1 amide bonds. The first-order valence-electron chi connectivity index (χ1n) is 8.88. The molecular formula is C21H25N3O3. The van der Waals surface area contributed by atoms with Crippen LogP contribution < -0.4 is 14.4 Å². The van der Waals surface area contributed by atoms with Gasteiger partial charge < -0.3 is 14.4 Å². The standard InChI is InChI=1S/C21H25N3O3/c1-23(2)17-8-6-16(7-9-17)18-11-12-24(22-18)21(25)14-15-5-10-19(26-3)20(13-15)27-4/h5-10,13H,11-12,14H2,1-4H3. The van der Waals surface area contributed by atoms with Crippen molar-refractivity contribution >= 4 is 17.3 Å². The van der Waals surface area contributed by atoms with E-state index in [4.69, 9.17) is 9.47 Å². The highest BCUT2D eigenvalue weighted by molar-refractivity contribution is 6.03. The van der Waals surface area contributed by atoms with E-state index < -0.39 is 0 Å². The lowest BCUT2D eigenvalue weighted by Crippen LogP contribution is -2.25. The Morgan fingerprint density at radius 2 is 1.78 bits per heavy atom. The largest absolute Gasteiger partial charge is 0.493 e. The summed E-state index contributed by atoms with van der Waals surface area (Å²) in [5, 5.41) is 6.10. The van der Waals surface area contributed by atoms with Crippen molar-refractivity contribution in [3.63, 3.8) is 0 Å². The van der Waals surface area contributed by atoms with Gasteiger partial charge in [0.15, 0.2) is 11.5 Å². The summed E-state index contributed by atoms with van der Waals surface area (Å²) in [6, 6.07) is 13.7. The molecule has 3 rings (SSSR count). The van der Waals surface area contributed by atoms with E-state index in [1.807, 2.05) is 32.3 Å². The quantitative estimate of drug-likeness (QED) is 0.788. The van der Waals surface area contributed by atoms with Crippen molar-refractivity contribution in [2.75, 3.05) is 39.8 Å². The van der Waals surface area contributed by atoms with Crippen molar-refractivity contribution in [2.45, 2.75) is 12.8 Å². The van der Waals surface area contributed by atoms with Gasteiger partial charge in [0.1, 0.15) is 0 Å². The molecule has 0 bridgehead atoms. The number of hydrogen-bond donors (Lipinski definition) is 0. The Morgan fingerprint density at radius 1 is 1.07 bits per heavy atom. The summed E-state index contributed by atoms with van der Waals surface area (Å²) < 4.78 is 10.5. The zero-order chi connectivity index (χ0) is 19.4. The molecule has 27 heavy (non-hydrogen) atoms. The van der Waals surface area contributed by atoms with E-state index in [0.29, 0.717) is 18.0 Å². The fourth-order valence-corrected chi connectivity index (χ4v) is 3.05. The maximum absolute atomic E-state index is 12.6. The van der Waals surface area contributed by atoms with Gasteiger partial charge in [-0.15, -0.1) is 0 Å². The van der Waals surface area contributed by atoms with E-state index in [9.17, 15) is 4.79 Å². The Labute approximate surface area is 160 Å². The molecule has 2 aromatic rings. The Bertz CT molecular complexity index is 844. The van der Waals surface area contributed by atoms with E-state index in [0.717, 1.165) is 28.9 Å². The molecule has 1 heterocycles. The first-order chi connectivity index (χ1) is 13.0. The average Bonchev–Trinajstić information content (AvgIpc) is 3.18. The van der Waals surface area contributed by atoms with E-state index in [1.54, 1.807) is 19.2 Å². The molecule has 0 aliphatic carbocycles. The number of anilines is 1. The number of hydrazone groups is 1. The maximum atomic E-state index is 12.6. The topological polar surface area (TPSA) is 54.4 Å².